The van der Waals surface area contributed by atoms with Crippen molar-refractivity contribution in [2.24, 2.45) is 5.92 Å². The fourth-order valence-corrected chi connectivity index (χ4v) is 4.48. The van der Waals surface area contributed by atoms with Gasteiger partial charge in [-0.3, -0.25) is 4.79 Å². The lowest BCUT2D eigenvalue weighted by atomic mass is 10.0. The number of benzene rings is 1. The predicted octanol–water partition coefficient (Wildman–Crippen LogP) is 1.40. The molecule has 1 unspecified atom stereocenters. The Bertz CT molecular complexity index is 658. The number of likely N-dealkylation sites (N-methyl/N-ethyl adjacent to an activating group) is 2. The van der Waals surface area contributed by atoms with Crippen LogP contribution in [0.15, 0.2) is 29.2 Å². The van der Waals surface area contributed by atoms with Crippen LogP contribution >= 0.6 is 0 Å². The van der Waals surface area contributed by atoms with Gasteiger partial charge in [-0.15, -0.1) is 0 Å². The Balaban J connectivity index is 2.12. The molecule has 0 bridgehead atoms. The van der Waals surface area contributed by atoms with Crippen LogP contribution in [0, 0.1) is 5.92 Å². The monoisotopic (exact) mass is 353 g/mol. The van der Waals surface area contributed by atoms with E-state index in [2.05, 4.69) is 12.2 Å². The normalized spacial score (nSPS) is 19.2. The summed E-state index contributed by atoms with van der Waals surface area (Å²) in [4.78, 5) is 14.2. The van der Waals surface area contributed by atoms with Gasteiger partial charge in [-0.25, -0.2) is 8.42 Å². The van der Waals surface area contributed by atoms with E-state index in [1.165, 1.54) is 12.1 Å². The molecular formula is C17H27N3O3S. The first kappa shape index (κ1) is 18.9. The second-order valence-corrected chi connectivity index (χ2v) is 8.40. The molecule has 0 aliphatic carbocycles. The van der Waals surface area contributed by atoms with Crippen molar-refractivity contribution in [2.75, 3.05) is 40.3 Å². The van der Waals surface area contributed by atoms with Gasteiger partial charge in [-0.2, -0.15) is 4.31 Å². The van der Waals surface area contributed by atoms with E-state index in [-0.39, 0.29) is 10.8 Å². The fraction of sp³-hybridized carbons (Fsp3) is 0.588. The molecule has 1 amide bonds. The molecule has 7 heteroatoms. The van der Waals surface area contributed by atoms with Gasteiger partial charge in [0.05, 0.1) is 4.90 Å². The highest BCUT2D eigenvalue weighted by atomic mass is 32.2. The van der Waals surface area contributed by atoms with E-state index in [0.29, 0.717) is 37.7 Å². The third kappa shape index (κ3) is 4.34. The summed E-state index contributed by atoms with van der Waals surface area (Å²) in [6, 6.07) is 6.26. The van der Waals surface area contributed by atoms with Gasteiger partial charge in [0.15, 0.2) is 0 Å². The third-order valence-corrected chi connectivity index (χ3v) is 6.28. The number of amides is 1. The third-order valence-electron chi connectivity index (χ3n) is 4.40. The van der Waals surface area contributed by atoms with Crippen molar-refractivity contribution in [1.29, 1.82) is 0 Å². The van der Waals surface area contributed by atoms with E-state index in [0.717, 1.165) is 12.8 Å². The van der Waals surface area contributed by atoms with Crippen molar-refractivity contribution in [3.05, 3.63) is 29.8 Å². The highest BCUT2D eigenvalue weighted by molar-refractivity contribution is 7.89. The Kier molecular flexibility index (Phi) is 6.37. The molecule has 1 aromatic rings. The SMILES string of the molecule is CNCCN(C)C(=O)c1ccc(S(=O)(=O)N2CCCC(C)C2)cc1. The minimum absolute atomic E-state index is 0.110. The maximum absolute atomic E-state index is 12.7. The van der Waals surface area contributed by atoms with Crippen molar-refractivity contribution in [3.8, 4) is 0 Å². The van der Waals surface area contributed by atoms with Gasteiger partial charge >= 0.3 is 0 Å². The van der Waals surface area contributed by atoms with Crippen LogP contribution < -0.4 is 5.32 Å². The largest absolute Gasteiger partial charge is 0.340 e. The summed E-state index contributed by atoms with van der Waals surface area (Å²) < 4.78 is 27.0. The number of carbonyl (C=O) groups is 1. The van der Waals surface area contributed by atoms with Gasteiger partial charge in [0.1, 0.15) is 0 Å². The van der Waals surface area contributed by atoms with Crippen molar-refractivity contribution >= 4 is 15.9 Å². The molecule has 1 fully saturated rings. The molecule has 1 saturated heterocycles. The van der Waals surface area contributed by atoms with Gasteiger partial charge in [0.2, 0.25) is 10.0 Å². The first-order chi connectivity index (χ1) is 11.4. The summed E-state index contributed by atoms with van der Waals surface area (Å²) in [5.41, 5.74) is 0.500. The fourth-order valence-electron chi connectivity index (χ4n) is 2.88. The molecule has 0 radical (unpaired) electrons. The van der Waals surface area contributed by atoms with E-state index in [1.54, 1.807) is 28.4 Å². The van der Waals surface area contributed by atoms with Crippen LogP contribution in [0.25, 0.3) is 0 Å². The lowest BCUT2D eigenvalue weighted by molar-refractivity contribution is 0.0796. The van der Waals surface area contributed by atoms with Crippen molar-refractivity contribution < 1.29 is 13.2 Å². The first-order valence-corrected chi connectivity index (χ1v) is 9.80. The zero-order valence-corrected chi connectivity index (χ0v) is 15.5. The molecule has 1 heterocycles. The number of hydrogen-bond donors (Lipinski definition) is 1. The van der Waals surface area contributed by atoms with Gasteiger partial charge < -0.3 is 10.2 Å². The van der Waals surface area contributed by atoms with E-state index in [9.17, 15) is 13.2 Å². The quantitative estimate of drug-likeness (QED) is 0.839. The zero-order valence-electron chi connectivity index (χ0n) is 14.7. The lowest BCUT2D eigenvalue weighted by Crippen LogP contribution is -2.39. The maximum Gasteiger partial charge on any atom is 0.253 e. The molecule has 0 saturated carbocycles. The van der Waals surface area contributed by atoms with Crippen LogP contribution in [0.4, 0.5) is 0 Å². The number of nitrogens with zero attached hydrogens (tertiary/aromatic N) is 2. The van der Waals surface area contributed by atoms with Crippen LogP contribution in [0.5, 0.6) is 0 Å². The van der Waals surface area contributed by atoms with Gasteiger partial charge in [0.25, 0.3) is 5.91 Å². The van der Waals surface area contributed by atoms with E-state index < -0.39 is 10.0 Å². The van der Waals surface area contributed by atoms with Crippen molar-refractivity contribution in [2.45, 2.75) is 24.7 Å². The Morgan fingerprint density at radius 1 is 1.33 bits per heavy atom. The summed E-state index contributed by atoms with van der Waals surface area (Å²) in [5.74, 6) is 0.274. The summed E-state index contributed by atoms with van der Waals surface area (Å²) in [6.07, 6.45) is 1.96. The zero-order chi connectivity index (χ0) is 17.7. The predicted molar refractivity (Wildman–Crippen MR) is 94.5 cm³/mol. The Labute approximate surface area is 144 Å². The highest BCUT2D eigenvalue weighted by Gasteiger charge is 2.28. The Morgan fingerprint density at radius 3 is 2.58 bits per heavy atom. The summed E-state index contributed by atoms with van der Waals surface area (Å²) >= 11 is 0. The van der Waals surface area contributed by atoms with Gasteiger partial charge in [-0.05, 0) is 50.1 Å². The number of sulfonamides is 1. The second kappa shape index (κ2) is 8.09. The molecule has 1 aliphatic rings. The molecule has 24 heavy (non-hydrogen) atoms. The Hall–Kier alpha value is -1.44. The highest BCUT2D eigenvalue weighted by Crippen LogP contribution is 2.23. The van der Waals surface area contributed by atoms with Gasteiger partial charge in [0, 0.05) is 38.8 Å². The van der Waals surface area contributed by atoms with Crippen molar-refractivity contribution in [3.63, 3.8) is 0 Å². The number of carbonyl (C=O) groups excluding carboxylic acids is 1. The molecule has 134 valence electrons. The average molecular weight is 353 g/mol. The number of hydrogen-bond acceptors (Lipinski definition) is 4. The molecule has 0 spiro atoms. The topological polar surface area (TPSA) is 69.7 Å². The van der Waals surface area contributed by atoms with Crippen LogP contribution in [0.3, 0.4) is 0 Å². The summed E-state index contributed by atoms with van der Waals surface area (Å²) in [5, 5.41) is 3.00. The second-order valence-electron chi connectivity index (χ2n) is 6.47. The summed E-state index contributed by atoms with van der Waals surface area (Å²) in [7, 11) is 0.0949. The number of rotatable bonds is 6. The van der Waals surface area contributed by atoms with Crippen LogP contribution in [-0.4, -0.2) is 63.8 Å². The van der Waals surface area contributed by atoms with E-state index in [4.69, 9.17) is 0 Å². The van der Waals surface area contributed by atoms with Crippen molar-refractivity contribution in [1.82, 2.24) is 14.5 Å². The minimum atomic E-state index is -3.47. The van der Waals surface area contributed by atoms with Crippen LogP contribution in [-0.2, 0) is 10.0 Å². The molecule has 1 atom stereocenters. The molecule has 1 aliphatic heterocycles. The molecule has 1 N–H and O–H groups in total. The van der Waals surface area contributed by atoms with Crippen LogP contribution in [0.2, 0.25) is 0 Å². The molecule has 1 aromatic carbocycles. The van der Waals surface area contributed by atoms with E-state index >= 15 is 0 Å². The first-order valence-electron chi connectivity index (χ1n) is 8.36. The molecular weight excluding hydrogens is 326 g/mol. The average Bonchev–Trinajstić information content (AvgIpc) is 2.59. The van der Waals surface area contributed by atoms with Gasteiger partial charge in [-0.1, -0.05) is 6.92 Å². The lowest BCUT2D eigenvalue weighted by Gasteiger charge is -2.30. The molecule has 2 rings (SSSR count). The summed E-state index contributed by atoms with van der Waals surface area (Å²) in [6.45, 7) is 4.52. The number of piperidine rings is 1. The smallest absolute Gasteiger partial charge is 0.253 e. The standard InChI is InChI=1S/C17H27N3O3S/c1-14-5-4-11-20(13-14)24(22,23)16-8-6-15(7-9-16)17(21)19(3)12-10-18-2/h6-9,14,18H,4-5,10-13H2,1-3H3. The Morgan fingerprint density at radius 2 is 2.00 bits per heavy atom. The number of nitrogens with one attached hydrogen (secondary N) is 1. The van der Waals surface area contributed by atoms with E-state index in [1.807, 2.05) is 7.05 Å². The maximum atomic E-state index is 12.7. The molecule has 6 nitrogen and oxygen atoms in total. The minimum Gasteiger partial charge on any atom is -0.340 e. The molecule has 0 aromatic heterocycles. The van der Waals surface area contributed by atoms with Crippen LogP contribution in [0.1, 0.15) is 30.1 Å².